The molecule has 8 heteroatoms. The van der Waals surface area contributed by atoms with Gasteiger partial charge in [0.15, 0.2) is 5.76 Å². The summed E-state index contributed by atoms with van der Waals surface area (Å²) < 4.78 is 32.0. The number of aryl methyl sites for hydroxylation is 1. The van der Waals surface area contributed by atoms with Crippen molar-refractivity contribution in [3.8, 4) is 0 Å². The molecule has 0 radical (unpaired) electrons. The van der Waals surface area contributed by atoms with E-state index >= 15 is 0 Å². The number of anilines is 1. The number of hydrogen-bond donors (Lipinski definition) is 2. The highest BCUT2D eigenvalue weighted by atomic mass is 32.2. The fraction of sp³-hybridized carbons (Fsp3) is 0.412. The van der Waals surface area contributed by atoms with Crippen molar-refractivity contribution in [3.63, 3.8) is 0 Å². The van der Waals surface area contributed by atoms with Gasteiger partial charge in [-0.2, -0.15) is 0 Å². The first-order chi connectivity index (χ1) is 11.8. The van der Waals surface area contributed by atoms with E-state index in [0.29, 0.717) is 17.1 Å². The number of aromatic nitrogens is 1. The van der Waals surface area contributed by atoms with Gasteiger partial charge in [-0.1, -0.05) is 17.3 Å². The zero-order valence-corrected chi connectivity index (χ0v) is 15.0. The summed E-state index contributed by atoms with van der Waals surface area (Å²) in [5.41, 5.74) is 2.16. The van der Waals surface area contributed by atoms with Gasteiger partial charge in [-0.3, -0.25) is 4.79 Å². The summed E-state index contributed by atoms with van der Waals surface area (Å²) in [6.07, 6.45) is 1.90. The molecule has 0 saturated heterocycles. The molecule has 0 spiro atoms. The van der Waals surface area contributed by atoms with Gasteiger partial charge in [0, 0.05) is 23.7 Å². The molecule has 1 aliphatic carbocycles. The number of amides is 1. The van der Waals surface area contributed by atoms with Crippen molar-refractivity contribution < 1.29 is 17.7 Å². The predicted molar refractivity (Wildman–Crippen MR) is 93.2 cm³/mol. The van der Waals surface area contributed by atoms with E-state index in [2.05, 4.69) is 15.2 Å². The molecule has 3 rings (SSSR count). The van der Waals surface area contributed by atoms with Crippen molar-refractivity contribution in [1.29, 1.82) is 0 Å². The van der Waals surface area contributed by atoms with Crippen LogP contribution in [0.25, 0.3) is 0 Å². The first-order valence-corrected chi connectivity index (χ1v) is 9.80. The van der Waals surface area contributed by atoms with Gasteiger partial charge < -0.3 is 9.84 Å². The Morgan fingerprint density at radius 3 is 2.56 bits per heavy atom. The van der Waals surface area contributed by atoms with E-state index in [1.165, 1.54) is 0 Å². The molecule has 1 aromatic heterocycles. The number of sulfonamides is 1. The van der Waals surface area contributed by atoms with E-state index in [-0.39, 0.29) is 17.6 Å². The number of carbonyl (C=O) groups is 1. The molecule has 1 amide bonds. The highest BCUT2D eigenvalue weighted by Gasteiger charge is 2.29. The van der Waals surface area contributed by atoms with Gasteiger partial charge in [0.2, 0.25) is 15.9 Å². The molecule has 2 N–H and O–H groups in total. The summed E-state index contributed by atoms with van der Waals surface area (Å²) in [7, 11) is -3.55. The number of rotatable bonds is 7. The molecule has 7 nitrogen and oxygen atoms in total. The molecule has 134 valence electrons. The van der Waals surface area contributed by atoms with Crippen LogP contribution in [0.4, 0.5) is 5.69 Å². The maximum atomic E-state index is 12.2. The Hall–Kier alpha value is -2.19. The Morgan fingerprint density at radius 2 is 2.00 bits per heavy atom. The van der Waals surface area contributed by atoms with Crippen molar-refractivity contribution >= 4 is 21.6 Å². The van der Waals surface area contributed by atoms with Crippen LogP contribution in [0.2, 0.25) is 0 Å². The normalized spacial score (nSPS) is 15.8. The second-order valence-corrected chi connectivity index (χ2v) is 8.17. The third kappa shape index (κ3) is 4.90. The molecule has 0 aliphatic heterocycles. The van der Waals surface area contributed by atoms with Crippen molar-refractivity contribution in [2.24, 2.45) is 5.92 Å². The molecule has 1 atom stereocenters. The maximum absolute atomic E-state index is 12.2. The molecule has 25 heavy (non-hydrogen) atoms. The predicted octanol–water partition coefficient (Wildman–Crippen LogP) is 2.51. The van der Waals surface area contributed by atoms with Crippen LogP contribution in [0, 0.1) is 12.8 Å². The lowest BCUT2D eigenvalue weighted by Gasteiger charge is -2.14. The Labute approximate surface area is 146 Å². The van der Waals surface area contributed by atoms with Crippen LogP contribution in [0.15, 0.2) is 34.9 Å². The molecule has 1 saturated carbocycles. The minimum absolute atomic E-state index is 0.0452. The van der Waals surface area contributed by atoms with Gasteiger partial charge >= 0.3 is 0 Å². The van der Waals surface area contributed by atoms with E-state index in [1.807, 2.05) is 0 Å². The number of nitrogens with zero attached hydrogens (tertiary/aromatic N) is 1. The smallest absolute Gasteiger partial charge is 0.227 e. The molecule has 2 aromatic rings. The van der Waals surface area contributed by atoms with Crippen LogP contribution in [0.1, 0.15) is 42.8 Å². The molecule has 0 bridgehead atoms. The molecule has 1 fully saturated rings. The van der Waals surface area contributed by atoms with Crippen LogP contribution >= 0.6 is 0 Å². The first-order valence-electron chi connectivity index (χ1n) is 8.15. The molecule has 0 unspecified atom stereocenters. The number of benzene rings is 1. The fourth-order valence-electron chi connectivity index (χ4n) is 2.50. The lowest BCUT2D eigenvalue weighted by atomic mass is 10.1. The average Bonchev–Trinajstić information content (AvgIpc) is 3.31. The third-order valence-corrected chi connectivity index (χ3v) is 5.37. The van der Waals surface area contributed by atoms with E-state index in [4.69, 9.17) is 4.52 Å². The second-order valence-electron chi connectivity index (χ2n) is 6.42. The van der Waals surface area contributed by atoms with Gasteiger partial charge in [-0.25, -0.2) is 13.1 Å². The quantitative estimate of drug-likeness (QED) is 0.787. The standard InChI is InChI=1S/C17H21N3O4S/c1-11-9-16(24-19-11)10-25(22,23)20-12(2)13-5-7-15(8-6-13)18-17(21)14-3-4-14/h5-9,12,14,20H,3-4,10H2,1-2H3,(H,18,21)/t12-/m0/s1. The van der Waals surface area contributed by atoms with Crippen molar-refractivity contribution in [2.75, 3.05) is 5.32 Å². The summed E-state index contributed by atoms with van der Waals surface area (Å²) in [5.74, 6) is 0.234. The minimum atomic E-state index is -3.55. The van der Waals surface area contributed by atoms with Crippen LogP contribution < -0.4 is 10.0 Å². The lowest BCUT2D eigenvalue weighted by Crippen LogP contribution is -2.28. The number of nitrogens with one attached hydrogen (secondary N) is 2. The SMILES string of the molecule is Cc1cc(CS(=O)(=O)N[C@@H](C)c2ccc(NC(=O)C3CC3)cc2)on1. The Kier molecular flexibility index (Phi) is 4.91. The summed E-state index contributed by atoms with van der Waals surface area (Å²) in [6.45, 7) is 3.50. The van der Waals surface area contributed by atoms with Gasteiger partial charge in [0.1, 0.15) is 5.75 Å². The molecule has 1 aliphatic rings. The van der Waals surface area contributed by atoms with Gasteiger partial charge in [-0.05, 0) is 44.4 Å². The topological polar surface area (TPSA) is 101 Å². The van der Waals surface area contributed by atoms with E-state index in [9.17, 15) is 13.2 Å². The average molecular weight is 363 g/mol. The highest BCUT2D eigenvalue weighted by Crippen LogP contribution is 2.30. The van der Waals surface area contributed by atoms with Gasteiger partial charge in [0.05, 0.1) is 5.69 Å². The van der Waals surface area contributed by atoms with Crippen molar-refractivity contribution in [1.82, 2.24) is 9.88 Å². The second kappa shape index (κ2) is 6.97. The number of carbonyl (C=O) groups excluding carboxylic acids is 1. The monoisotopic (exact) mass is 363 g/mol. The largest absolute Gasteiger partial charge is 0.360 e. The van der Waals surface area contributed by atoms with Crippen molar-refractivity contribution in [3.05, 3.63) is 47.3 Å². The first kappa shape index (κ1) is 17.6. The van der Waals surface area contributed by atoms with E-state index in [1.54, 1.807) is 44.2 Å². The number of hydrogen-bond acceptors (Lipinski definition) is 5. The minimum Gasteiger partial charge on any atom is -0.360 e. The summed E-state index contributed by atoms with van der Waals surface area (Å²) in [5, 5.41) is 6.54. The van der Waals surface area contributed by atoms with Crippen LogP contribution in [0.5, 0.6) is 0 Å². The summed E-state index contributed by atoms with van der Waals surface area (Å²) >= 11 is 0. The highest BCUT2D eigenvalue weighted by molar-refractivity contribution is 7.88. The zero-order chi connectivity index (χ0) is 18.0. The Bertz CT molecular complexity index is 854. The maximum Gasteiger partial charge on any atom is 0.227 e. The van der Waals surface area contributed by atoms with E-state index in [0.717, 1.165) is 18.4 Å². The zero-order valence-electron chi connectivity index (χ0n) is 14.2. The Balaban J connectivity index is 1.59. The lowest BCUT2D eigenvalue weighted by molar-refractivity contribution is -0.117. The van der Waals surface area contributed by atoms with Crippen molar-refractivity contribution in [2.45, 2.75) is 38.5 Å². The van der Waals surface area contributed by atoms with E-state index < -0.39 is 16.1 Å². The Morgan fingerprint density at radius 1 is 1.32 bits per heavy atom. The van der Waals surface area contributed by atoms with Gasteiger partial charge in [0.25, 0.3) is 0 Å². The van der Waals surface area contributed by atoms with Crippen LogP contribution in [-0.2, 0) is 20.6 Å². The van der Waals surface area contributed by atoms with Gasteiger partial charge in [-0.15, -0.1) is 0 Å². The fourth-order valence-corrected chi connectivity index (χ4v) is 3.76. The van der Waals surface area contributed by atoms with Crippen LogP contribution in [0.3, 0.4) is 0 Å². The summed E-state index contributed by atoms with van der Waals surface area (Å²) in [4.78, 5) is 11.7. The van der Waals surface area contributed by atoms with Crippen LogP contribution in [-0.4, -0.2) is 19.5 Å². The third-order valence-electron chi connectivity index (χ3n) is 3.99. The molecular weight excluding hydrogens is 342 g/mol. The molecule has 1 aromatic carbocycles. The molecule has 1 heterocycles. The molecular formula is C17H21N3O4S. The summed E-state index contributed by atoms with van der Waals surface area (Å²) in [6, 6.07) is 8.35.